The maximum atomic E-state index is 5.20. The second-order valence-electron chi connectivity index (χ2n) is 5.05. The highest BCUT2D eigenvalue weighted by Crippen LogP contribution is 2.13. The van der Waals surface area contributed by atoms with Crippen LogP contribution in [0.3, 0.4) is 0 Å². The van der Waals surface area contributed by atoms with E-state index in [0.717, 1.165) is 37.1 Å². The van der Waals surface area contributed by atoms with Gasteiger partial charge in [0.2, 0.25) is 0 Å². The molecule has 0 saturated heterocycles. The average molecular weight is 348 g/mol. The number of rotatable bonds is 8. The predicted octanol–water partition coefficient (Wildman–Crippen LogP) is 4.13. The lowest BCUT2D eigenvalue weighted by molar-refractivity contribution is 0.287. The Hall–Kier alpha value is -1.32. The fourth-order valence-electron chi connectivity index (χ4n) is 2.31. The molecule has 0 saturated carbocycles. The number of ether oxygens (including phenoxy) is 1. The molecule has 2 nitrogen and oxygen atoms in total. The van der Waals surface area contributed by atoms with E-state index in [-0.39, 0.29) is 0 Å². The van der Waals surface area contributed by atoms with Crippen LogP contribution < -0.4 is 4.74 Å². The van der Waals surface area contributed by atoms with Crippen LogP contribution in [0.4, 0.5) is 0 Å². The van der Waals surface area contributed by atoms with Crippen LogP contribution in [0.25, 0.3) is 0 Å². The fraction of sp³-hybridized carbons (Fsp3) is 0.333. The molecule has 0 radical (unpaired) electrons. The number of benzene rings is 2. The molecule has 3 heteroatoms. The van der Waals surface area contributed by atoms with Crippen LogP contribution in [0.1, 0.15) is 11.1 Å². The van der Waals surface area contributed by atoms with Crippen molar-refractivity contribution in [1.29, 1.82) is 0 Å². The van der Waals surface area contributed by atoms with Crippen LogP contribution in [0.15, 0.2) is 54.6 Å². The van der Waals surface area contributed by atoms with Gasteiger partial charge in [-0.1, -0.05) is 58.4 Å². The molecule has 0 aliphatic heterocycles. The van der Waals surface area contributed by atoms with Crippen molar-refractivity contribution < 1.29 is 4.74 Å². The van der Waals surface area contributed by atoms with Crippen LogP contribution in [-0.4, -0.2) is 30.4 Å². The maximum Gasteiger partial charge on any atom is 0.118 e. The molecule has 112 valence electrons. The van der Waals surface area contributed by atoms with Crippen molar-refractivity contribution in [2.24, 2.45) is 0 Å². The maximum absolute atomic E-state index is 5.20. The number of nitrogens with zero attached hydrogens (tertiary/aromatic N) is 1. The van der Waals surface area contributed by atoms with Crippen molar-refractivity contribution in [2.75, 3.05) is 25.5 Å². The summed E-state index contributed by atoms with van der Waals surface area (Å²) in [4.78, 5) is 2.48. The normalized spacial score (nSPS) is 10.8. The quantitative estimate of drug-likeness (QED) is 0.665. The van der Waals surface area contributed by atoms with Gasteiger partial charge in [-0.2, -0.15) is 0 Å². The minimum absolute atomic E-state index is 0.917. The van der Waals surface area contributed by atoms with Crippen molar-refractivity contribution in [3.63, 3.8) is 0 Å². The molecule has 2 aromatic carbocycles. The Balaban J connectivity index is 1.89. The first-order valence-electron chi connectivity index (χ1n) is 7.27. The number of hydrogen-bond donors (Lipinski definition) is 0. The van der Waals surface area contributed by atoms with Crippen molar-refractivity contribution in [3.8, 4) is 5.75 Å². The first kappa shape index (κ1) is 16.1. The van der Waals surface area contributed by atoms with Gasteiger partial charge in [0, 0.05) is 25.0 Å². The van der Waals surface area contributed by atoms with E-state index in [2.05, 4.69) is 63.3 Å². The second-order valence-corrected chi connectivity index (χ2v) is 5.84. The smallest absolute Gasteiger partial charge is 0.118 e. The topological polar surface area (TPSA) is 12.5 Å². The number of alkyl halides is 1. The Morgan fingerprint density at radius 2 is 1.62 bits per heavy atom. The zero-order chi connectivity index (χ0) is 14.9. The summed E-state index contributed by atoms with van der Waals surface area (Å²) in [6, 6.07) is 19.0. The number of hydrogen-bond acceptors (Lipinski definition) is 2. The molecular weight excluding hydrogens is 326 g/mol. The zero-order valence-electron chi connectivity index (χ0n) is 12.5. The predicted molar refractivity (Wildman–Crippen MR) is 92.2 cm³/mol. The Morgan fingerprint density at radius 1 is 0.905 bits per heavy atom. The summed E-state index contributed by atoms with van der Waals surface area (Å²) in [7, 11) is 1.70. The second kappa shape index (κ2) is 8.85. The molecule has 2 rings (SSSR count). The highest BCUT2D eigenvalue weighted by Gasteiger charge is 2.06. The van der Waals surface area contributed by atoms with Crippen LogP contribution >= 0.6 is 15.9 Å². The SMILES string of the molecule is COc1ccc(CCN(CCBr)Cc2ccccc2)cc1. The Morgan fingerprint density at radius 3 is 2.24 bits per heavy atom. The molecule has 0 unspecified atom stereocenters. The van der Waals surface area contributed by atoms with Crippen LogP contribution in [0, 0.1) is 0 Å². The van der Waals surface area contributed by atoms with Gasteiger partial charge in [-0.3, -0.25) is 4.90 Å². The molecule has 0 spiro atoms. The van der Waals surface area contributed by atoms with E-state index in [1.807, 2.05) is 12.1 Å². The molecule has 0 aliphatic carbocycles. The largest absolute Gasteiger partial charge is 0.497 e. The van der Waals surface area contributed by atoms with E-state index >= 15 is 0 Å². The lowest BCUT2D eigenvalue weighted by atomic mass is 10.1. The third kappa shape index (κ3) is 5.52. The lowest BCUT2D eigenvalue weighted by Gasteiger charge is -2.21. The molecule has 0 atom stereocenters. The molecule has 0 aromatic heterocycles. The Kier molecular flexibility index (Phi) is 6.77. The van der Waals surface area contributed by atoms with Gasteiger partial charge in [0.05, 0.1) is 7.11 Å². The highest BCUT2D eigenvalue weighted by atomic mass is 79.9. The summed E-state index contributed by atoms with van der Waals surface area (Å²) in [6.45, 7) is 3.13. The van der Waals surface area contributed by atoms with E-state index in [9.17, 15) is 0 Å². The van der Waals surface area contributed by atoms with Crippen LogP contribution in [0.5, 0.6) is 5.75 Å². The summed E-state index contributed by atoms with van der Waals surface area (Å²) in [5.41, 5.74) is 2.72. The highest BCUT2D eigenvalue weighted by molar-refractivity contribution is 9.09. The molecule has 0 heterocycles. The van der Waals surface area contributed by atoms with E-state index < -0.39 is 0 Å². The lowest BCUT2D eigenvalue weighted by Crippen LogP contribution is -2.27. The third-order valence-corrected chi connectivity index (χ3v) is 3.88. The molecule has 0 fully saturated rings. The molecular formula is C18H22BrNO. The van der Waals surface area contributed by atoms with Gasteiger partial charge in [0.15, 0.2) is 0 Å². The third-order valence-electron chi connectivity index (χ3n) is 3.53. The molecule has 0 N–H and O–H groups in total. The fourth-order valence-corrected chi connectivity index (χ4v) is 2.81. The van der Waals surface area contributed by atoms with Gasteiger partial charge in [-0.15, -0.1) is 0 Å². The van der Waals surface area contributed by atoms with Gasteiger partial charge in [-0.05, 0) is 29.7 Å². The summed E-state index contributed by atoms with van der Waals surface area (Å²) >= 11 is 3.55. The first-order chi connectivity index (χ1) is 10.3. The zero-order valence-corrected chi connectivity index (χ0v) is 14.1. The van der Waals surface area contributed by atoms with Crippen molar-refractivity contribution >= 4 is 15.9 Å². The molecule has 0 amide bonds. The summed E-state index contributed by atoms with van der Waals surface area (Å²) in [5.74, 6) is 0.917. The van der Waals surface area contributed by atoms with Crippen LogP contribution in [-0.2, 0) is 13.0 Å². The first-order valence-corrected chi connectivity index (χ1v) is 8.39. The van der Waals surface area contributed by atoms with E-state index in [1.165, 1.54) is 11.1 Å². The number of halogens is 1. The van der Waals surface area contributed by atoms with Gasteiger partial charge in [0.1, 0.15) is 5.75 Å². The minimum atomic E-state index is 0.917. The molecule has 2 aromatic rings. The average Bonchev–Trinajstić information content (AvgIpc) is 2.54. The summed E-state index contributed by atoms with van der Waals surface area (Å²) in [5, 5.41) is 1.00. The monoisotopic (exact) mass is 347 g/mol. The molecule has 0 bridgehead atoms. The minimum Gasteiger partial charge on any atom is -0.497 e. The van der Waals surface area contributed by atoms with Gasteiger partial charge < -0.3 is 4.74 Å². The van der Waals surface area contributed by atoms with Gasteiger partial charge in [0.25, 0.3) is 0 Å². The number of methoxy groups -OCH3 is 1. The van der Waals surface area contributed by atoms with E-state index in [1.54, 1.807) is 7.11 Å². The standard InChI is InChI=1S/C18H22BrNO/c1-21-18-9-7-16(8-10-18)11-13-20(14-12-19)15-17-5-3-2-4-6-17/h2-10H,11-15H2,1H3. The molecule has 0 aliphatic rings. The van der Waals surface area contributed by atoms with E-state index in [4.69, 9.17) is 4.74 Å². The van der Waals surface area contributed by atoms with Crippen LogP contribution in [0.2, 0.25) is 0 Å². The van der Waals surface area contributed by atoms with Gasteiger partial charge in [-0.25, -0.2) is 0 Å². The Labute approximate surface area is 135 Å². The Bertz CT molecular complexity index is 513. The van der Waals surface area contributed by atoms with Crippen molar-refractivity contribution in [2.45, 2.75) is 13.0 Å². The van der Waals surface area contributed by atoms with E-state index in [0.29, 0.717) is 0 Å². The summed E-state index contributed by atoms with van der Waals surface area (Å²) in [6.07, 6.45) is 1.06. The van der Waals surface area contributed by atoms with Gasteiger partial charge >= 0.3 is 0 Å². The van der Waals surface area contributed by atoms with Crippen molar-refractivity contribution in [3.05, 3.63) is 65.7 Å². The van der Waals surface area contributed by atoms with Crippen molar-refractivity contribution in [1.82, 2.24) is 4.90 Å². The summed E-state index contributed by atoms with van der Waals surface area (Å²) < 4.78 is 5.20. The molecule has 21 heavy (non-hydrogen) atoms.